The third kappa shape index (κ3) is 2.25. The second-order valence-corrected chi connectivity index (χ2v) is 4.96. The highest BCUT2D eigenvalue weighted by Gasteiger charge is 2.17. The van der Waals surface area contributed by atoms with Crippen LogP contribution in [0, 0.1) is 0 Å². The van der Waals surface area contributed by atoms with E-state index in [2.05, 4.69) is 15.0 Å². The van der Waals surface area contributed by atoms with Crippen LogP contribution in [0.15, 0.2) is 36.7 Å². The second-order valence-electron chi connectivity index (χ2n) is 3.98. The first kappa shape index (κ1) is 12.7. The minimum atomic E-state index is -0.422. The summed E-state index contributed by atoms with van der Waals surface area (Å²) in [6.07, 6.45) is 1.48. The summed E-state index contributed by atoms with van der Waals surface area (Å²) in [5.41, 5.74) is 2.30. The van der Waals surface area contributed by atoms with Gasteiger partial charge >= 0.3 is 5.97 Å². The number of ether oxygens (including phenoxy) is 1. The molecule has 5 nitrogen and oxygen atoms in total. The summed E-state index contributed by atoms with van der Waals surface area (Å²) in [4.78, 5) is 25.2. The molecule has 0 radical (unpaired) electrons. The number of hydrogen-bond donors (Lipinski definition) is 0. The molecule has 0 spiro atoms. The van der Waals surface area contributed by atoms with E-state index >= 15 is 0 Å². The largest absolute Gasteiger partial charge is 0.461 e. The molecule has 0 aliphatic heterocycles. The molecule has 0 fully saturated rings. The van der Waals surface area contributed by atoms with Crippen LogP contribution in [0.4, 0.5) is 0 Å². The molecule has 3 rings (SSSR count). The van der Waals surface area contributed by atoms with Gasteiger partial charge in [0, 0.05) is 5.56 Å². The maximum atomic E-state index is 11.7. The summed E-state index contributed by atoms with van der Waals surface area (Å²) in [6.45, 7) is 2.09. The Balaban J connectivity index is 2.13. The highest BCUT2D eigenvalue weighted by Crippen LogP contribution is 2.28. The summed E-state index contributed by atoms with van der Waals surface area (Å²) < 4.78 is 4.96. The Morgan fingerprint density at radius 3 is 2.80 bits per heavy atom. The number of aromatic nitrogens is 3. The average molecular weight is 285 g/mol. The molecule has 0 N–H and O–H groups in total. The SMILES string of the molecule is CCOC(=O)c1nc2c(-c3ccccc3)ncnc2s1. The molecule has 0 saturated carbocycles. The summed E-state index contributed by atoms with van der Waals surface area (Å²) in [5.74, 6) is -0.422. The standard InChI is InChI=1S/C14H11N3O2S/c1-2-19-14(18)13-17-11-10(9-6-4-3-5-7-9)15-8-16-12(11)20-13/h3-8H,2H2,1H3. The molecular formula is C14H11N3O2S. The van der Waals surface area contributed by atoms with E-state index in [4.69, 9.17) is 4.74 Å². The van der Waals surface area contributed by atoms with E-state index in [1.54, 1.807) is 6.92 Å². The molecule has 2 heterocycles. The van der Waals surface area contributed by atoms with Gasteiger partial charge in [0.15, 0.2) is 0 Å². The van der Waals surface area contributed by atoms with Gasteiger partial charge in [0.1, 0.15) is 22.4 Å². The van der Waals surface area contributed by atoms with Gasteiger partial charge in [-0.05, 0) is 6.92 Å². The quantitative estimate of drug-likeness (QED) is 0.692. The number of carbonyl (C=O) groups excluding carboxylic acids is 1. The molecule has 100 valence electrons. The number of nitrogens with zero attached hydrogens (tertiary/aromatic N) is 3. The van der Waals surface area contributed by atoms with Gasteiger partial charge in [-0.25, -0.2) is 19.7 Å². The Bertz CT molecular complexity index is 755. The van der Waals surface area contributed by atoms with Gasteiger partial charge in [-0.15, -0.1) is 0 Å². The first-order valence-electron chi connectivity index (χ1n) is 6.13. The average Bonchev–Trinajstić information content (AvgIpc) is 2.92. The molecule has 3 aromatic rings. The van der Waals surface area contributed by atoms with E-state index in [0.717, 1.165) is 11.3 Å². The zero-order valence-corrected chi connectivity index (χ0v) is 11.6. The molecular weight excluding hydrogens is 274 g/mol. The Kier molecular flexibility index (Phi) is 3.39. The van der Waals surface area contributed by atoms with Crippen molar-refractivity contribution in [3.05, 3.63) is 41.7 Å². The third-order valence-corrected chi connectivity index (χ3v) is 3.64. The third-order valence-electron chi connectivity index (χ3n) is 2.69. The van der Waals surface area contributed by atoms with Crippen molar-refractivity contribution in [1.29, 1.82) is 0 Å². The number of esters is 1. The second kappa shape index (κ2) is 5.34. The molecule has 0 saturated heterocycles. The summed E-state index contributed by atoms with van der Waals surface area (Å²) in [7, 11) is 0. The fourth-order valence-corrected chi connectivity index (χ4v) is 2.64. The lowest BCUT2D eigenvalue weighted by molar-refractivity contribution is 0.0526. The monoisotopic (exact) mass is 285 g/mol. The van der Waals surface area contributed by atoms with Gasteiger partial charge in [0.2, 0.25) is 5.01 Å². The number of benzene rings is 1. The molecule has 0 atom stereocenters. The summed E-state index contributed by atoms with van der Waals surface area (Å²) in [6, 6.07) is 9.70. The van der Waals surface area contributed by atoms with Crippen molar-refractivity contribution in [2.75, 3.05) is 6.61 Å². The number of rotatable bonds is 3. The van der Waals surface area contributed by atoms with E-state index in [1.807, 2.05) is 30.3 Å². The maximum Gasteiger partial charge on any atom is 0.367 e. The van der Waals surface area contributed by atoms with Crippen molar-refractivity contribution >= 4 is 27.7 Å². The Morgan fingerprint density at radius 2 is 2.05 bits per heavy atom. The van der Waals surface area contributed by atoms with Crippen LogP contribution in [0.25, 0.3) is 21.6 Å². The van der Waals surface area contributed by atoms with E-state index in [1.165, 1.54) is 17.7 Å². The van der Waals surface area contributed by atoms with E-state index < -0.39 is 5.97 Å². The highest BCUT2D eigenvalue weighted by molar-refractivity contribution is 7.19. The topological polar surface area (TPSA) is 65.0 Å². The Labute approximate surface area is 119 Å². The highest BCUT2D eigenvalue weighted by atomic mass is 32.1. The van der Waals surface area contributed by atoms with Crippen LogP contribution >= 0.6 is 11.3 Å². The van der Waals surface area contributed by atoms with Crippen LogP contribution in [0.2, 0.25) is 0 Å². The van der Waals surface area contributed by atoms with Crippen molar-refractivity contribution in [3.8, 4) is 11.3 Å². The number of carbonyl (C=O) groups is 1. The zero-order chi connectivity index (χ0) is 13.9. The van der Waals surface area contributed by atoms with Crippen LogP contribution < -0.4 is 0 Å². The van der Waals surface area contributed by atoms with Crippen molar-refractivity contribution in [1.82, 2.24) is 15.0 Å². The lowest BCUT2D eigenvalue weighted by atomic mass is 10.1. The number of hydrogen-bond acceptors (Lipinski definition) is 6. The van der Waals surface area contributed by atoms with Crippen molar-refractivity contribution in [2.45, 2.75) is 6.92 Å². The lowest BCUT2D eigenvalue weighted by Crippen LogP contribution is -2.03. The van der Waals surface area contributed by atoms with Gasteiger partial charge in [0.25, 0.3) is 0 Å². The van der Waals surface area contributed by atoms with Gasteiger partial charge in [-0.1, -0.05) is 41.7 Å². The fraction of sp³-hybridized carbons (Fsp3) is 0.143. The van der Waals surface area contributed by atoms with E-state index in [-0.39, 0.29) is 0 Å². The zero-order valence-electron chi connectivity index (χ0n) is 10.7. The van der Waals surface area contributed by atoms with Crippen molar-refractivity contribution in [2.24, 2.45) is 0 Å². The number of fused-ring (bicyclic) bond motifs is 1. The van der Waals surface area contributed by atoms with Gasteiger partial charge in [0.05, 0.1) is 6.61 Å². The molecule has 1 aromatic carbocycles. The molecule has 0 amide bonds. The Morgan fingerprint density at radius 1 is 1.25 bits per heavy atom. The first-order valence-corrected chi connectivity index (χ1v) is 6.95. The number of thiazole rings is 1. The van der Waals surface area contributed by atoms with Gasteiger partial charge in [-0.3, -0.25) is 0 Å². The molecule has 0 aliphatic rings. The fourth-order valence-electron chi connectivity index (χ4n) is 1.84. The van der Waals surface area contributed by atoms with Crippen LogP contribution in [0.5, 0.6) is 0 Å². The van der Waals surface area contributed by atoms with Crippen LogP contribution in [-0.4, -0.2) is 27.5 Å². The van der Waals surface area contributed by atoms with Crippen molar-refractivity contribution < 1.29 is 9.53 Å². The maximum absolute atomic E-state index is 11.7. The minimum absolute atomic E-state index is 0.305. The van der Waals surface area contributed by atoms with Gasteiger partial charge < -0.3 is 4.74 Å². The van der Waals surface area contributed by atoms with Crippen LogP contribution in [0.1, 0.15) is 16.7 Å². The van der Waals surface area contributed by atoms with Crippen molar-refractivity contribution in [3.63, 3.8) is 0 Å². The minimum Gasteiger partial charge on any atom is -0.461 e. The van der Waals surface area contributed by atoms with Gasteiger partial charge in [-0.2, -0.15) is 0 Å². The molecule has 0 aliphatic carbocycles. The summed E-state index contributed by atoms with van der Waals surface area (Å²) >= 11 is 1.22. The summed E-state index contributed by atoms with van der Waals surface area (Å²) in [5, 5.41) is 0.305. The molecule has 0 unspecified atom stereocenters. The molecule has 20 heavy (non-hydrogen) atoms. The molecule has 2 aromatic heterocycles. The van der Waals surface area contributed by atoms with Crippen LogP contribution in [0.3, 0.4) is 0 Å². The molecule has 0 bridgehead atoms. The van der Waals surface area contributed by atoms with Crippen LogP contribution in [-0.2, 0) is 4.74 Å². The normalized spacial score (nSPS) is 10.7. The van der Waals surface area contributed by atoms with E-state index in [0.29, 0.717) is 22.0 Å². The first-order chi connectivity index (χ1) is 9.79. The predicted molar refractivity (Wildman–Crippen MR) is 76.6 cm³/mol. The lowest BCUT2D eigenvalue weighted by Gasteiger charge is -1.99. The van der Waals surface area contributed by atoms with E-state index in [9.17, 15) is 4.79 Å². The molecule has 6 heteroatoms. The predicted octanol–water partition coefficient (Wildman–Crippen LogP) is 2.93. The smallest absolute Gasteiger partial charge is 0.367 e. The Hall–Kier alpha value is -2.34.